The molecule has 1 aromatic rings. The van der Waals surface area contributed by atoms with E-state index in [9.17, 15) is 18.8 Å². The number of hydrogen-bond acceptors (Lipinski definition) is 4. The fourth-order valence-corrected chi connectivity index (χ4v) is 1.74. The number of nitrogens with one attached hydrogen (secondary N) is 1. The summed E-state index contributed by atoms with van der Waals surface area (Å²) in [5, 5.41) is 10.5. The Hall–Kier alpha value is -2.64. The second kappa shape index (κ2) is 5.55. The van der Waals surface area contributed by atoms with E-state index in [2.05, 4.69) is 5.32 Å². The van der Waals surface area contributed by atoms with Crippen LogP contribution in [0.2, 0.25) is 0 Å². The van der Waals surface area contributed by atoms with Crippen molar-refractivity contribution in [3.63, 3.8) is 0 Å². The van der Waals surface area contributed by atoms with Gasteiger partial charge in [-0.25, -0.2) is 14.0 Å². The van der Waals surface area contributed by atoms with Crippen LogP contribution in [0.4, 0.5) is 14.9 Å². The minimum Gasteiger partial charge on any atom is -0.482 e. The Kier molecular flexibility index (Phi) is 3.83. The van der Waals surface area contributed by atoms with Crippen molar-refractivity contribution in [3.8, 4) is 5.75 Å². The number of rotatable bonds is 4. The van der Waals surface area contributed by atoms with E-state index in [1.807, 2.05) is 0 Å². The normalized spacial score (nSPS) is 14.9. The van der Waals surface area contributed by atoms with E-state index in [0.717, 1.165) is 11.0 Å². The highest BCUT2D eigenvalue weighted by Gasteiger charge is 2.26. The van der Waals surface area contributed by atoms with Crippen LogP contribution < -0.4 is 15.0 Å². The largest absolute Gasteiger partial charge is 0.482 e. The van der Waals surface area contributed by atoms with Crippen LogP contribution in [0.5, 0.6) is 5.75 Å². The quantitative estimate of drug-likeness (QED) is 0.849. The van der Waals surface area contributed by atoms with Crippen LogP contribution in [0, 0.1) is 5.82 Å². The molecule has 8 heteroatoms. The zero-order chi connectivity index (χ0) is 14.7. The standard InChI is InChI=1S/C12H11FN2O5/c13-8-5-7(20-6-11(17)18)1-2-9(8)15-4-3-10(16)14-12(15)19/h1-2,5H,3-4,6H2,(H,17,18)(H,14,16,19). The monoisotopic (exact) mass is 282 g/mol. The number of ether oxygens (including phenoxy) is 1. The van der Waals surface area contributed by atoms with Gasteiger partial charge in [0.15, 0.2) is 12.4 Å². The van der Waals surface area contributed by atoms with E-state index in [4.69, 9.17) is 9.84 Å². The molecule has 106 valence electrons. The number of carbonyl (C=O) groups excluding carboxylic acids is 2. The van der Waals surface area contributed by atoms with Crippen LogP contribution in [0.25, 0.3) is 0 Å². The molecule has 0 bridgehead atoms. The molecular weight excluding hydrogens is 271 g/mol. The van der Waals surface area contributed by atoms with E-state index in [0.29, 0.717) is 0 Å². The summed E-state index contributed by atoms with van der Waals surface area (Å²) in [6.07, 6.45) is 0.0858. The van der Waals surface area contributed by atoms with Gasteiger partial charge in [0, 0.05) is 19.0 Å². The first-order valence-electron chi connectivity index (χ1n) is 5.73. The van der Waals surface area contributed by atoms with Gasteiger partial charge in [-0.05, 0) is 12.1 Å². The SMILES string of the molecule is O=C(O)COc1ccc(N2CCC(=O)NC2=O)c(F)c1. The number of urea groups is 1. The van der Waals surface area contributed by atoms with E-state index in [1.165, 1.54) is 12.1 Å². The van der Waals surface area contributed by atoms with Gasteiger partial charge in [-0.3, -0.25) is 15.0 Å². The van der Waals surface area contributed by atoms with Gasteiger partial charge in [-0.15, -0.1) is 0 Å². The maximum absolute atomic E-state index is 13.9. The van der Waals surface area contributed by atoms with Crippen LogP contribution in [0.15, 0.2) is 18.2 Å². The first-order valence-corrected chi connectivity index (χ1v) is 5.73. The number of hydrogen-bond donors (Lipinski definition) is 2. The third-order valence-corrected chi connectivity index (χ3v) is 2.63. The van der Waals surface area contributed by atoms with Gasteiger partial charge in [0.2, 0.25) is 5.91 Å². The number of carboxylic acids is 1. The lowest BCUT2D eigenvalue weighted by Crippen LogP contribution is -2.49. The molecule has 1 heterocycles. The number of aliphatic carboxylic acids is 1. The number of carbonyl (C=O) groups is 3. The third-order valence-electron chi connectivity index (χ3n) is 2.63. The van der Waals surface area contributed by atoms with E-state index in [1.54, 1.807) is 0 Å². The Morgan fingerprint density at radius 2 is 2.20 bits per heavy atom. The van der Waals surface area contributed by atoms with Crippen molar-refractivity contribution in [1.29, 1.82) is 0 Å². The highest BCUT2D eigenvalue weighted by molar-refractivity contribution is 6.05. The van der Waals surface area contributed by atoms with Crippen LogP contribution in [-0.2, 0) is 9.59 Å². The molecule has 0 spiro atoms. The summed E-state index contributed by atoms with van der Waals surface area (Å²) in [5.41, 5.74) is -0.00215. The predicted molar refractivity (Wildman–Crippen MR) is 65.0 cm³/mol. The molecular formula is C12H11FN2O5. The van der Waals surface area contributed by atoms with Crippen LogP contribution >= 0.6 is 0 Å². The molecule has 1 aliphatic rings. The topological polar surface area (TPSA) is 95.9 Å². The summed E-state index contributed by atoms with van der Waals surface area (Å²) in [6.45, 7) is -0.506. The maximum Gasteiger partial charge on any atom is 0.341 e. The Morgan fingerprint density at radius 3 is 2.80 bits per heavy atom. The lowest BCUT2D eigenvalue weighted by atomic mass is 10.2. The average molecular weight is 282 g/mol. The van der Waals surface area contributed by atoms with Gasteiger partial charge in [-0.1, -0.05) is 0 Å². The molecule has 1 aliphatic heterocycles. The number of imide groups is 1. The second-order valence-electron chi connectivity index (χ2n) is 4.05. The molecule has 0 saturated carbocycles. The summed E-state index contributed by atoms with van der Waals surface area (Å²) >= 11 is 0. The third kappa shape index (κ3) is 3.02. The number of nitrogens with zero attached hydrogens (tertiary/aromatic N) is 1. The first kappa shape index (κ1) is 13.8. The highest BCUT2D eigenvalue weighted by atomic mass is 19.1. The van der Waals surface area contributed by atoms with Gasteiger partial charge in [0.05, 0.1) is 5.69 Å². The van der Waals surface area contributed by atoms with Gasteiger partial charge >= 0.3 is 12.0 Å². The van der Waals surface area contributed by atoms with E-state index < -0.39 is 30.3 Å². The Morgan fingerprint density at radius 1 is 1.45 bits per heavy atom. The van der Waals surface area contributed by atoms with Crippen molar-refractivity contribution in [2.45, 2.75) is 6.42 Å². The smallest absolute Gasteiger partial charge is 0.341 e. The van der Waals surface area contributed by atoms with Gasteiger partial charge < -0.3 is 9.84 Å². The predicted octanol–water partition coefficient (Wildman–Crippen LogP) is 0.735. The minimum absolute atomic E-state index is 0.00215. The maximum atomic E-state index is 13.9. The molecule has 1 aromatic carbocycles. The lowest BCUT2D eigenvalue weighted by molar-refractivity contribution is -0.139. The number of carboxylic acid groups (broad SMARTS) is 1. The van der Waals surface area contributed by atoms with Crippen molar-refractivity contribution < 1.29 is 28.6 Å². The summed E-state index contributed by atoms with van der Waals surface area (Å²) < 4.78 is 18.7. The molecule has 0 aliphatic carbocycles. The van der Waals surface area contributed by atoms with Gasteiger partial charge in [0.25, 0.3) is 0 Å². The molecule has 0 aromatic heterocycles. The first-order chi connectivity index (χ1) is 9.47. The number of benzene rings is 1. The minimum atomic E-state index is -1.18. The second-order valence-corrected chi connectivity index (χ2v) is 4.05. The molecule has 2 rings (SSSR count). The van der Waals surface area contributed by atoms with Crippen molar-refractivity contribution in [1.82, 2.24) is 5.32 Å². The van der Waals surface area contributed by atoms with Crippen molar-refractivity contribution in [2.24, 2.45) is 0 Å². The summed E-state index contributed by atoms with van der Waals surface area (Å²) in [4.78, 5) is 34.0. The summed E-state index contributed by atoms with van der Waals surface area (Å²) in [5.74, 6) is -2.28. The Bertz CT molecular complexity index is 575. The van der Waals surface area contributed by atoms with Gasteiger partial charge in [-0.2, -0.15) is 0 Å². The average Bonchev–Trinajstić information content (AvgIpc) is 2.37. The Labute approximate surface area is 112 Å². The number of anilines is 1. The molecule has 0 unspecified atom stereocenters. The van der Waals surface area contributed by atoms with Gasteiger partial charge in [0.1, 0.15) is 5.75 Å². The number of halogens is 1. The van der Waals surface area contributed by atoms with Crippen LogP contribution in [-0.4, -0.2) is 36.2 Å². The highest BCUT2D eigenvalue weighted by Crippen LogP contribution is 2.25. The Balaban J connectivity index is 2.15. The zero-order valence-electron chi connectivity index (χ0n) is 10.3. The molecule has 3 amide bonds. The lowest BCUT2D eigenvalue weighted by Gasteiger charge is -2.26. The van der Waals surface area contributed by atoms with Crippen molar-refractivity contribution >= 4 is 23.6 Å². The fraction of sp³-hybridized carbons (Fsp3) is 0.250. The van der Waals surface area contributed by atoms with Crippen LogP contribution in [0.3, 0.4) is 0 Å². The van der Waals surface area contributed by atoms with Crippen LogP contribution in [0.1, 0.15) is 6.42 Å². The summed E-state index contributed by atoms with van der Waals surface area (Å²) in [6, 6.07) is 2.94. The summed E-state index contributed by atoms with van der Waals surface area (Å²) in [7, 11) is 0. The molecule has 0 radical (unpaired) electrons. The van der Waals surface area contributed by atoms with Crippen molar-refractivity contribution in [2.75, 3.05) is 18.1 Å². The molecule has 1 saturated heterocycles. The molecule has 7 nitrogen and oxygen atoms in total. The molecule has 1 fully saturated rings. The van der Waals surface area contributed by atoms with Crippen molar-refractivity contribution in [3.05, 3.63) is 24.0 Å². The molecule has 2 N–H and O–H groups in total. The van der Waals surface area contributed by atoms with E-state index >= 15 is 0 Å². The fourth-order valence-electron chi connectivity index (χ4n) is 1.74. The zero-order valence-corrected chi connectivity index (χ0v) is 10.3. The number of amides is 3. The van der Waals surface area contributed by atoms with E-state index in [-0.39, 0.29) is 24.4 Å². The molecule has 20 heavy (non-hydrogen) atoms. The molecule has 0 atom stereocenters.